The number of benzene rings is 1. The fraction of sp³-hybridized carbons (Fsp3) is 0.286. The molecule has 4 nitrogen and oxygen atoms in total. The first kappa shape index (κ1) is 13.8. The molecular weight excluding hydrogens is 262 g/mol. The van der Waals surface area contributed by atoms with E-state index in [0.717, 1.165) is 10.6 Å². The molecule has 0 fully saturated rings. The second kappa shape index (κ2) is 5.99. The molecule has 1 unspecified atom stereocenters. The summed E-state index contributed by atoms with van der Waals surface area (Å²) in [5.41, 5.74) is 1.85. The minimum absolute atomic E-state index is 0.0449. The number of hydrogen-bond acceptors (Lipinski definition) is 4. The van der Waals surface area contributed by atoms with Crippen molar-refractivity contribution < 1.29 is 5.11 Å². The van der Waals surface area contributed by atoms with Crippen LogP contribution in [0, 0.1) is 0 Å². The lowest BCUT2D eigenvalue weighted by Gasteiger charge is -2.25. The Kier molecular flexibility index (Phi) is 4.35. The molecule has 0 aliphatic heterocycles. The number of nitrogens with zero attached hydrogens (tertiary/aromatic N) is 3. The molecule has 1 aromatic heterocycles. The van der Waals surface area contributed by atoms with Crippen LogP contribution in [-0.4, -0.2) is 22.1 Å². The normalized spacial score (nSPS) is 12.2. The summed E-state index contributed by atoms with van der Waals surface area (Å²) < 4.78 is 0. The molecular formula is C14H16ClN3O. The van der Waals surface area contributed by atoms with Crippen molar-refractivity contribution in [1.82, 2.24) is 9.97 Å². The Balaban J connectivity index is 2.17. The van der Waals surface area contributed by atoms with Gasteiger partial charge in [-0.15, -0.1) is 0 Å². The van der Waals surface area contributed by atoms with Gasteiger partial charge in [0.2, 0.25) is 5.95 Å². The molecule has 100 valence electrons. The molecule has 2 aromatic rings. The van der Waals surface area contributed by atoms with Crippen molar-refractivity contribution in [2.75, 3.05) is 11.9 Å². The lowest BCUT2D eigenvalue weighted by atomic mass is 10.1. The molecule has 0 spiro atoms. The molecule has 0 bridgehead atoms. The van der Waals surface area contributed by atoms with Crippen molar-refractivity contribution >= 4 is 17.5 Å². The Hall–Kier alpha value is -1.65. The first-order valence-corrected chi connectivity index (χ1v) is 6.39. The number of aromatic nitrogens is 2. The Morgan fingerprint density at radius 3 is 2.32 bits per heavy atom. The van der Waals surface area contributed by atoms with E-state index in [4.69, 9.17) is 16.7 Å². The lowest BCUT2D eigenvalue weighted by Crippen LogP contribution is -2.23. The van der Waals surface area contributed by atoms with Crippen LogP contribution in [0.1, 0.15) is 24.1 Å². The van der Waals surface area contributed by atoms with Crippen molar-refractivity contribution in [1.29, 1.82) is 0 Å². The fourth-order valence-electron chi connectivity index (χ4n) is 1.75. The molecule has 1 heterocycles. The number of aliphatic hydroxyl groups is 1. The maximum atomic E-state index is 8.97. The first-order valence-electron chi connectivity index (χ1n) is 6.02. The van der Waals surface area contributed by atoms with Crippen LogP contribution in [0.15, 0.2) is 36.7 Å². The van der Waals surface area contributed by atoms with Crippen molar-refractivity contribution in [3.05, 3.63) is 52.8 Å². The minimum atomic E-state index is -0.0449. The SMILES string of the molecule is CC(c1ccc(Cl)cc1)N(C)c1ncc(CO)cn1. The lowest BCUT2D eigenvalue weighted by molar-refractivity contribution is 0.281. The van der Waals surface area contributed by atoms with Crippen molar-refractivity contribution in [3.63, 3.8) is 0 Å². The maximum Gasteiger partial charge on any atom is 0.225 e. The predicted octanol–water partition coefficient (Wildman–Crippen LogP) is 2.82. The zero-order chi connectivity index (χ0) is 13.8. The van der Waals surface area contributed by atoms with Crippen LogP contribution in [0.5, 0.6) is 0 Å². The van der Waals surface area contributed by atoms with Crippen LogP contribution in [0.4, 0.5) is 5.95 Å². The highest BCUT2D eigenvalue weighted by molar-refractivity contribution is 6.30. The molecule has 0 aliphatic rings. The van der Waals surface area contributed by atoms with Crippen LogP contribution >= 0.6 is 11.6 Å². The van der Waals surface area contributed by atoms with Crippen molar-refractivity contribution in [2.24, 2.45) is 0 Å². The van der Waals surface area contributed by atoms with Gasteiger partial charge in [-0.25, -0.2) is 9.97 Å². The summed E-state index contributed by atoms with van der Waals surface area (Å²) in [5, 5.41) is 9.70. The number of hydrogen-bond donors (Lipinski definition) is 1. The summed E-state index contributed by atoms with van der Waals surface area (Å²) >= 11 is 5.88. The highest BCUT2D eigenvalue weighted by atomic mass is 35.5. The van der Waals surface area contributed by atoms with Crippen LogP contribution < -0.4 is 4.90 Å². The van der Waals surface area contributed by atoms with E-state index < -0.39 is 0 Å². The van der Waals surface area contributed by atoms with Crippen LogP contribution in [0.25, 0.3) is 0 Å². The molecule has 0 amide bonds. The van der Waals surface area contributed by atoms with E-state index in [-0.39, 0.29) is 12.6 Å². The average molecular weight is 278 g/mol. The van der Waals surface area contributed by atoms with Crippen molar-refractivity contribution in [3.8, 4) is 0 Å². The molecule has 1 aromatic carbocycles. The Morgan fingerprint density at radius 2 is 1.79 bits per heavy atom. The predicted molar refractivity (Wildman–Crippen MR) is 76.2 cm³/mol. The first-order chi connectivity index (χ1) is 9.11. The summed E-state index contributed by atoms with van der Waals surface area (Å²) in [6.45, 7) is 2.03. The second-order valence-corrected chi connectivity index (χ2v) is 4.82. The number of halogens is 1. The minimum Gasteiger partial charge on any atom is -0.392 e. The largest absolute Gasteiger partial charge is 0.392 e. The summed E-state index contributed by atoms with van der Waals surface area (Å²) in [6, 6.07) is 7.86. The number of rotatable bonds is 4. The smallest absolute Gasteiger partial charge is 0.225 e. The highest BCUT2D eigenvalue weighted by Gasteiger charge is 2.14. The van der Waals surface area contributed by atoms with E-state index >= 15 is 0 Å². The summed E-state index contributed by atoms with van der Waals surface area (Å²) in [4.78, 5) is 10.5. The zero-order valence-electron chi connectivity index (χ0n) is 10.9. The summed E-state index contributed by atoms with van der Waals surface area (Å²) in [5.74, 6) is 0.625. The molecule has 1 atom stereocenters. The monoisotopic (exact) mass is 277 g/mol. The maximum absolute atomic E-state index is 8.97. The van der Waals surface area contributed by atoms with Gasteiger partial charge in [-0.05, 0) is 24.6 Å². The molecule has 5 heteroatoms. The molecule has 0 saturated heterocycles. The number of aliphatic hydroxyl groups excluding tert-OH is 1. The van der Waals surface area contributed by atoms with Gasteiger partial charge in [0.25, 0.3) is 0 Å². The third-order valence-electron chi connectivity index (χ3n) is 3.12. The molecule has 1 N–H and O–H groups in total. The Morgan fingerprint density at radius 1 is 1.21 bits per heavy atom. The van der Waals surface area contributed by atoms with Gasteiger partial charge in [-0.3, -0.25) is 0 Å². The van der Waals surface area contributed by atoms with Gasteiger partial charge in [0, 0.05) is 30.0 Å². The summed E-state index contributed by atoms with van der Waals surface area (Å²) in [6.07, 6.45) is 3.26. The van der Waals surface area contributed by atoms with E-state index in [1.54, 1.807) is 12.4 Å². The van der Waals surface area contributed by atoms with Gasteiger partial charge in [0.1, 0.15) is 0 Å². The van der Waals surface area contributed by atoms with Gasteiger partial charge in [-0.2, -0.15) is 0 Å². The van der Waals surface area contributed by atoms with E-state index in [2.05, 4.69) is 16.9 Å². The second-order valence-electron chi connectivity index (χ2n) is 4.39. The van der Waals surface area contributed by atoms with Crippen LogP contribution in [0.2, 0.25) is 5.02 Å². The highest BCUT2D eigenvalue weighted by Crippen LogP contribution is 2.23. The fourth-order valence-corrected chi connectivity index (χ4v) is 1.88. The van der Waals surface area contributed by atoms with Crippen LogP contribution in [-0.2, 0) is 6.61 Å². The zero-order valence-corrected chi connectivity index (χ0v) is 11.7. The van der Waals surface area contributed by atoms with E-state index in [1.807, 2.05) is 36.2 Å². The quantitative estimate of drug-likeness (QED) is 0.934. The van der Waals surface area contributed by atoms with Gasteiger partial charge in [0.05, 0.1) is 12.6 Å². The standard InChI is InChI=1S/C14H16ClN3O/c1-10(12-3-5-13(15)6-4-12)18(2)14-16-7-11(9-19)8-17-14/h3-8,10,19H,9H2,1-2H3. The molecule has 0 aliphatic carbocycles. The third-order valence-corrected chi connectivity index (χ3v) is 3.38. The van der Waals surface area contributed by atoms with Gasteiger partial charge in [-0.1, -0.05) is 23.7 Å². The molecule has 0 saturated carbocycles. The van der Waals surface area contributed by atoms with E-state index in [0.29, 0.717) is 11.5 Å². The Labute approximate surface area is 117 Å². The number of anilines is 1. The topological polar surface area (TPSA) is 49.2 Å². The van der Waals surface area contributed by atoms with Gasteiger partial charge in [0.15, 0.2) is 0 Å². The van der Waals surface area contributed by atoms with E-state index in [1.165, 1.54) is 0 Å². The summed E-state index contributed by atoms with van der Waals surface area (Å²) in [7, 11) is 1.94. The third kappa shape index (κ3) is 3.22. The molecule has 19 heavy (non-hydrogen) atoms. The molecule has 0 radical (unpaired) electrons. The van der Waals surface area contributed by atoms with Gasteiger partial charge >= 0.3 is 0 Å². The van der Waals surface area contributed by atoms with Crippen LogP contribution in [0.3, 0.4) is 0 Å². The van der Waals surface area contributed by atoms with E-state index in [9.17, 15) is 0 Å². The van der Waals surface area contributed by atoms with Crippen molar-refractivity contribution in [2.45, 2.75) is 19.6 Å². The Bertz CT molecular complexity index is 527. The average Bonchev–Trinajstić information content (AvgIpc) is 2.46. The molecule has 2 rings (SSSR count). The van der Waals surface area contributed by atoms with Gasteiger partial charge < -0.3 is 10.0 Å².